The van der Waals surface area contributed by atoms with E-state index in [1.54, 1.807) is 35.3 Å². The Kier molecular flexibility index (Phi) is 16.9. The number of hydrogen-bond donors (Lipinski definition) is 4. The Hall–Kier alpha value is -3.69. The van der Waals surface area contributed by atoms with E-state index in [9.17, 15) is 10.2 Å². The van der Waals surface area contributed by atoms with Gasteiger partial charge in [-0.2, -0.15) is 10.2 Å². The number of hydrazone groups is 2. The van der Waals surface area contributed by atoms with Gasteiger partial charge in [-0.05, 0) is 80.4 Å². The van der Waals surface area contributed by atoms with Crippen molar-refractivity contribution in [1.82, 2.24) is 10.9 Å². The Labute approximate surface area is 334 Å². The van der Waals surface area contributed by atoms with Gasteiger partial charge < -0.3 is 20.0 Å². The lowest BCUT2D eigenvalue weighted by Gasteiger charge is -2.23. The molecule has 0 aliphatic carbocycles. The summed E-state index contributed by atoms with van der Waals surface area (Å²) in [5, 5.41) is 35.5. The van der Waals surface area contributed by atoms with Crippen molar-refractivity contribution in [3.8, 4) is 0 Å². The van der Waals surface area contributed by atoms with Gasteiger partial charge in [0.15, 0.2) is 0 Å². The minimum absolute atomic E-state index is 0.0567. The van der Waals surface area contributed by atoms with Crippen LogP contribution in [-0.2, 0) is 0 Å². The van der Waals surface area contributed by atoms with Crippen LogP contribution in [0.2, 0.25) is 0 Å². The third kappa shape index (κ3) is 13.0. The van der Waals surface area contributed by atoms with Gasteiger partial charge >= 0.3 is 0 Å². The normalized spacial score (nSPS) is 16.9. The Morgan fingerprint density at radius 1 is 0.611 bits per heavy atom. The molecule has 10 nitrogen and oxygen atoms in total. The second kappa shape index (κ2) is 22.0. The summed E-state index contributed by atoms with van der Waals surface area (Å²) in [5.74, 6) is 1.07. The van der Waals surface area contributed by atoms with E-state index >= 15 is 0 Å². The second-order valence-electron chi connectivity index (χ2n) is 12.8. The maximum absolute atomic E-state index is 11.1. The fourth-order valence-electron chi connectivity index (χ4n) is 5.65. The summed E-state index contributed by atoms with van der Waals surface area (Å²) in [6, 6.07) is 36.6. The third-order valence-corrected chi connectivity index (χ3v) is 13.1. The molecule has 288 valence electrons. The summed E-state index contributed by atoms with van der Waals surface area (Å²) in [6.45, 7) is 10.1. The quantitative estimate of drug-likeness (QED) is 0.0521. The van der Waals surface area contributed by atoms with E-state index in [4.69, 9.17) is 10.2 Å². The zero-order chi connectivity index (χ0) is 38.1. The maximum Gasteiger partial charge on any atom is 0.115 e. The SMILES string of the molecule is CCN(C)c1ccc(/C=N/N(CC(O)CSC2NNC(SCC(O)CN(/N=C/c3ccc(N(CC)CC)cc3)c3ccccc3)S2)c2ccccc2)cc1. The number of hydrogen-bond acceptors (Lipinski definition) is 13. The molecular formula is C41H54N8O2S3. The topological polar surface area (TPSA) is 102 Å². The number of para-hydroxylation sites is 2. The van der Waals surface area contributed by atoms with Crippen molar-refractivity contribution in [3.63, 3.8) is 0 Å². The Morgan fingerprint density at radius 3 is 1.44 bits per heavy atom. The summed E-state index contributed by atoms with van der Waals surface area (Å²) in [6.07, 6.45) is 2.49. The lowest BCUT2D eigenvalue weighted by Crippen LogP contribution is -2.34. The van der Waals surface area contributed by atoms with Crippen LogP contribution in [0.1, 0.15) is 31.9 Å². The largest absolute Gasteiger partial charge is 0.390 e. The van der Waals surface area contributed by atoms with E-state index in [0.29, 0.717) is 24.6 Å². The monoisotopic (exact) mass is 786 g/mol. The van der Waals surface area contributed by atoms with E-state index in [-0.39, 0.29) is 9.41 Å². The summed E-state index contributed by atoms with van der Waals surface area (Å²) < 4.78 is 0.113. The van der Waals surface area contributed by atoms with E-state index in [1.165, 1.54) is 5.69 Å². The van der Waals surface area contributed by atoms with Crippen LogP contribution < -0.4 is 30.7 Å². The zero-order valence-corrected chi connectivity index (χ0v) is 34.1. The summed E-state index contributed by atoms with van der Waals surface area (Å²) in [5.41, 5.74) is 12.9. The first-order chi connectivity index (χ1) is 26.3. The lowest BCUT2D eigenvalue weighted by atomic mass is 10.2. The van der Waals surface area contributed by atoms with Crippen LogP contribution in [-0.4, -0.2) is 95.5 Å². The molecule has 1 aliphatic rings. The van der Waals surface area contributed by atoms with E-state index in [1.807, 2.05) is 83.1 Å². The molecule has 1 heterocycles. The number of hydrazine groups is 1. The van der Waals surface area contributed by atoms with Gasteiger partial charge in [0.2, 0.25) is 0 Å². The smallest absolute Gasteiger partial charge is 0.115 e. The van der Waals surface area contributed by atoms with Crippen LogP contribution in [0.5, 0.6) is 0 Å². The molecule has 4 atom stereocenters. The van der Waals surface area contributed by atoms with Gasteiger partial charge in [-0.15, -0.1) is 23.5 Å². The minimum Gasteiger partial charge on any atom is -0.390 e. The van der Waals surface area contributed by atoms with Crippen molar-refractivity contribution in [1.29, 1.82) is 0 Å². The first-order valence-corrected chi connectivity index (χ1v) is 21.5. The Balaban J connectivity index is 1.08. The molecule has 1 saturated heterocycles. The predicted molar refractivity (Wildman–Crippen MR) is 237 cm³/mol. The zero-order valence-electron chi connectivity index (χ0n) is 31.6. The molecular weight excluding hydrogens is 733 g/mol. The molecule has 5 rings (SSSR count). The first kappa shape index (κ1) is 41.5. The molecule has 54 heavy (non-hydrogen) atoms. The summed E-state index contributed by atoms with van der Waals surface area (Å²) in [4.78, 5) is 4.50. The lowest BCUT2D eigenvalue weighted by molar-refractivity contribution is 0.204. The van der Waals surface area contributed by atoms with Crippen LogP contribution in [0.3, 0.4) is 0 Å². The molecule has 0 aromatic heterocycles. The summed E-state index contributed by atoms with van der Waals surface area (Å²) >= 11 is 5.05. The number of benzene rings is 4. The molecule has 13 heteroatoms. The molecule has 4 aromatic carbocycles. The maximum atomic E-state index is 11.1. The van der Waals surface area contributed by atoms with Gasteiger partial charge in [-0.25, -0.2) is 10.9 Å². The number of aliphatic hydroxyl groups is 2. The highest BCUT2D eigenvalue weighted by Crippen LogP contribution is 2.35. The molecule has 0 spiro atoms. The summed E-state index contributed by atoms with van der Waals surface area (Å²) in [7, 11) is 2.08. The Morgan fingerprint density at radius 2 is 1.04 bits per heavy atom. The van der Waals surface area contributed by atoms with Gasteiger partial charge in [-0.1, -0.05) is 72.4 Å². The molecule has 0 saturated carbocycles. The number of nitrogens with zero attached hydrogens (tertiary/aromatic N) is 6. The molecule has 4 N–H and O–H groups in total. The predicted octanol–water partition coefficient (Wildman–Crippen LogP) is 6.97. The van der Waals surface area contributed by atoms with E-state index in [2.05, 4.69) is 97.0 Å². The van der Waals surface area contributed by atoms with E-state index in [0.717, 1.165) is 47.8 Å². The van der Waals surface area contributed by atoms with Gasteiger partial charge in [0.05, 0.1) is 49.1 Å². The van der Waals surface area contributed by atoms with Crippen molar-refractivity contribution in [2.45, 2.75) is 42.4 Å². The average molecular weight is 787 g/mol. The van der Waals surface area contributed by atoms with Crippen molar-refractivity contribution in [3.05, 3.63) is 120 Å². The number of nitrogens with one attached hydrogen (secondary N) is 2. The van der Waals surface area contributed by atoms with E-state index < -0.39 is 12.2 Å². The van der Waals surface area contributed by atoms with Gasteiger partial charge in [-0.3, -0.25) is 10.0 Å². The fourth-order valence-corrected chi connectivity index (χ4v) is 9.43. The highest BCUT2D eigenvalue weighted by atomic mass is 32.2. The number of anilines is 4. The van der Waals surface area contributed by atoms with Crippen molar-refractivity contribution in [2.24, 2.45) is 10.2 Å². The molecule has 1 aliphatic heterocycles. The van der Waals surface area contributed by atoms with Crippen molar-refractivity contribution in [2.75, 3.05) is 71.1 Å². The van der Waals surface area contributed by atoms with Gasteiger partial charge in [0, 0.05) is 49.6 Å². The van der Waals surface area contributed by atoms with Crippen LogP contribution >= 0.6 is 35.3 Å². The molecule has 4 aromatic rings. The first-order valence-electron chi connectivity index (χ1n) is 18.5. The van der Waals surface area contributed by atoms with Crippen LogP contribution in [0.25, 0.3) is 0 Å². The van der Waals surface area contributed by atoms with Crippen molar-refractivity contribution < 1.29 is 10.2 Å². The fraction of sp³-hybridized carbons (Fsp3) is 0.366. The Bertz CT molecular complexity index is 1700. The molecule has 0 radical (unpaired) electrons. The molecule has 1 fully saturated rings. The van der Waals surface area contributed by atoms with Gasteiger partial charge in [0.25, 0.3) is 0 Å². The third-order valence-electron chi connectivity index (χ3n) is 8.84. The highest BCUT2D eigenvalue weighted by molar-refractivity contribution is 8.24. The molecule has 0 bridgehead atoms. The average Bonchev–Trinajstić information content (AvgIpc) is 3.68. The van der Waals surface area contributed by atoms with Crippen LogP contribution in [0, 0.1) is 0 Å². The van der Waals surface area contributed by atoms with Crippen LogP contribution in [0.4, 0.5) is 22.7 Å². The van der Waals surface area contributed by atoms with Gasteiger partial charge in [0.1, 0.15) is 9.41 Å². The number of rotatable bonds is 21. The number of aliphatic hydroxyl groups excluding tert-OH is 2. The standard InChI is InChI=1S/C41H54N8O2S3/c1-5-46(4)34-22-18-32(19-23-34)26-42-48(36-14-10-8-11-15-36)28-38(50)30-52-40-44-45-41(54-40)53-31-39(51)29-49(37-16-12-9-13-17-37)43-27-33-20-24-35(25-21-33)47(6-2)7-3/h8-27,38-41,44-45,50-51H,5-7,28-31H2,1-4H3/b42-26+,43-27+. The number of thioether (sulfide) groups is 3. The minimum atomic E-state index is -0.603. The van der Waals surface area contributed by atoms with Crippen LogP contribution in [0.15, 0.2) is 119 Å². The molecule has 4 unspecified atom stereocenters. The van der Waals surface area contributed by atoms with Crippen molar-refractivity contribution >= 4 is 70.5 Å². The highest BCUT2D eigenvalue weighted by Gasteiger charge is 2.27. The molecule has 0 amide bonds. The second-order valence-corrected chi connectivity index (χ2v) is 16.8.